The van der Waals surface area contributed by atoms with Crippen LogP contribution < -0.4 is 20.7 Å². The van der Waals surface area contributed by atoms with E-state index in [4.69, 9.17) is 42.4 Å². The van der Waals surface area contributed by atoms with Gasteiger partial charge < -0.3 is 35.3 Å². The van der Waals surface area contributed by atoms with Gasteiger partial charge in [0.05, 0.1) is 50.1 Å². The number of pyridine rings is 2. The molecule has 1 fully saturated rings. The Labute approximate surface area is 279 Å². The minimum Gasteiger partial charge on any atom is -0.481 e. The van der Waals surface area contributed by atoms with Gasteiger partial charge in [-0.1, -0.05) is 54.1 Å². The molecule has 1 saturated heterocycles. The van der Waals surface area contributed by atoms with Crippen LogP contribution in [-0.2, 0) is 34.7 Å². The number of methoxy groups -OCH3 is 2. The second kappa shape index (κ2) is 15.5. The first-order valence-corrected chi connectivity index (χ1v) is 15.9. The summed E-state index contributed by atoms with van der Waals surface area (Å²) in [4.78, 5) is 23.5. The lowest BCUT2D eigenvalue weighted by atomic mass is 9.80. The van der Waals surface area contributed by atoms with E-state index >= 15 is 0 Å². The number of aliphatic hydroxyl groups is 1. The molecule has 5 rings (SSSR count). The Morgan fingerprint density at radius 1 is 1.15 bits per heavy atom. The molecule has 1 aromatic carbocycles. The molecular formula is C34H39Cl2N5O5. The summed E-state index contributed by atoms with van der Waals surface area (Å²) in [7, 11) is 3.16. The van der Waals surface area contributed by atoms with Crippen molar-refractivity contribution in [2.45, 2.75) is 49.7 Å². The van der Waals surface area contributed by atoms with Crippen LogP contribution in [0.5, 0.6) is 5.88 Å². The van der Waals surface area contributed by atoms with Gasteiger partial charge in [-0.15, -0.1) is 11.6 Å². The van der Waals surface area contributed by atoms with Crippen molar-refractivity contribution in [3.8, 4) is 5.88 Å². The zero-order valence-corrected chi connectivity index (χ0v) is 27.6. The van der Waals surface area contributed by atoms with E-state index in [2.05, 4.69) is 20.9 Å². The summed E-state index contributed by atoms with van der Waals surface area (Å²) in [5, 5.41) is 19.2. The lowest BCUT2D eigenvalue weighted by molar-refractivity contribution is -0.00586. The molecule has 0 spiro atoms. The average molecular weight is 669 g/mol. The predicted octanol–water partition coefficient (Wildman–Crippen LogP) is 4.13. The maximum atomic E-state index is 14.1. The summed E-state index contributed by atoms with van der Waals surface area (Å²) < 4.78 is 16.4. The topological polar surface area (TPSA) is 127 Å². The van der Waals surface area contributed by atoms with E-state index in [9.17, 15) is 9.90 Å². The Hall–Kier alpha value is -3.35. The van der Waals surface area contributed by atoms with Crippen LogP contribution in [0.2, 0.25) is 5.02 Å². The van der Waals surface area contributed by atoms with Gasteiger partial charge in [0.2, 0.25) is 5.88 Å². The molecule has 1 aliphatic carbocycles. The number of carbonyl (C=O) groups excluding carboxylic acids is 1. The van der Waals surface area contributed by atoms with Crippen LogP contribution in [-0.4, -0.2) is 72.5 Å². The van der Waals surface area contributed by atoms with E-state index < -0.39 is 22.9 Å². The molecule has 0 radical (unpaired) electrons. The van der Waals surface area contributed by atoms with E-state index in [1.54, 1.807) is 39.5 Å². The summed E-state index contributed by atoms with van der Waals surface area (Å²) >= 11 is 14.0. The SMILES string of the molecule is COCc1cc(C(=O)NC2(c3ccc(CNC4COC4)c(OC)n3)C=CC=C(c3ccccc3Cl)C2Cl)ncc1CNCC(C)O. The third-order valence-electron chi connectivity index (χ3n) is 7.96. The predicted molar refractivity (Wildman–Crippen MR) is 178 cm³/mol. The molecule has 0 bridgehead atoms. The van der Waals surface area contributed by atoms with Crippen molar-refractivity contribution in [1.29, 1.82) is 0 Å². The Balaban J connectivity index is 1.51. The van der Waals surface area contributed by atoms with Gasteiger partial charge in [0.25, 0.3) is 5.91 Å². The first-order valence-electron chi connectivity index (χ1n) is 15.1. The van der Waals surface area contributed by atoms with Crippen molar-refractivity contribution < 1.29 is 24.1 Å². The van der Waals surface area contributed by atoms with Gasteiger partial charge in [0.1, 0.15) is 11.2 Å². The van der Waals surface area contributed by atoms with Gasteiger partial charge >= 0.3 is 0 Å². The number of carbonyl (C=O) groups is 1. The van der Waals surface area contributed by atoms with E-state index in [0.29, 0.717) is 49.4 Å². The molecule has 0 saturated carbocycles. The first-order chi connectivity index (χ1) is 22.3. The Bertz CT molecular complexity index is 1600. The van der Waals surface area contributed by atoms with Crippen LogP contribution in [0, 0.1) is 0 Å². The van der Waals surface area contributed by atoms with Crippen molar-refractivity contribution in [2.24, 2.45) is 0 Å². The standard InChI is InChI=1S/C34H39Cl2N5O5/c1-21(42)14-37-15-24-17-39-29(13-23(24)18-44-2)32(43)41-34(12-6-8-27(31(34)36)26-7-4-5-9-28(26)35)30-11-10-22(33(40-30)45-3)16-38-25-19-46-20-25/h4-13,17,21,25,31,37-38,42H,14-16,18-20H2,1-3H3,(H,41,43). The van der Waals surface area contributed by atoms with Crippen molar-refractivity contribution in [3.05, 3.63) is 106 Å². The molecule has 2 aliphatic rings. The molecule has 1 amide bonds. The molecule has 4 N–H and O–H groups in total. The maximum Gasteiger partial charge on any atom is 0.270 e. The number of alkyl halides is 1. The van der Waals surface area contributed by atoms with Gasteiger partial charge in [0, 0.05) is 43.5 Å². The number of amides is 1. The third-order valence-corrected chi connectivity index (χ3v) is 8.87. The number of nitrogens with one attached hydrogen (secondary N) is 3. The van der Waals surface area contributed by atoms with Crippen molar-refractivity contribution in [3.63, 3.8) is 0 Å². The maximum absolute atomic E-state index is 14.1. The quantitative estimate of drug-likeness (QED) is 0.188. The zero-order valence-electron chi connectivity index (χ0n) is 26.1. The van der Waals surface area contributed by atoms with Gasteiger partial charge in [-0.25, -0.2) is 4.98 Å². The summed E-state index contributed by atoms with van der Waals surface area (Å²) in [5.74, 6) is -0.0346. The number of aromatic nitrogens is 2. The number of rotatable bonds is 14. The largest absolute Gasteiger partial charge is 0.481 e. The van der Waals surface area contributed by atoms with E-state index in [1.165, 1.54) is 0 Å². The van der Waals surface area contributed by atoms with Crippen LogP contribution in [0.15, 0.2) is 66.9 Å². The summed E-state index contributed by atoms with van der Waals surface area (Å²) in [5.41, 5.74) is 3.35. The van der Waals surface area contributed by atoms with Gasteiger partial charge in [-0.05, 0) is 47.4 Å². The summed E-state index contributed by atoms with van der Waals surface area (Å²) in [6.07, 6.45) is 6.72. The average Bonchev–Trinajstić information content (AvgIpc) is 3.02. The molecular weight excluding hydrogens is 629 g/mol. The van der Waals surface area contributed by atoms with Crippen LogP contribution in [0.3, 0.4) is 0 Å². The molecule has 3 atom stereocenters. The fraction of sp³-hybridized carbons (Fsp3) is 0.382. The van der Waals surface area contributed by atoms with Gasteiger partial charge in [-0.2, -0.15) is 0 Å². The molecule has 12 heteroatoms. The number of aliphatic hydroxyl groups excluding tert-OH is 1. The Kier molecular flexibility index (Phi) is 11.5. The number of hydrogen-bond acceptors (Lipinski definition) is 9. The van der Waals surface area contributed by atoms with Crippen LogP contribution >= 0.6 is 23.2 Å². The van der Waals surface area contributed by atoms with Gasteiger partial charge in [-0.3, -0.25) is 9.78 Å². The van der Waals surface area contributed by atoms with E-state index in [1.807, 2.05) is 48.6 Å². The van der Waals surface area contributed by atoms with Crippen LogP contribution in [0.25, 0.3) is 5.57 Å². The molecule has 10 nitrogen and oxygen atoms in total. The summed E-state index contributed by atoms with van der Waals surface area (Å²) in [6.45, 7) is 4.73. The lowest BCUT2D eigenvalue weighted by Crippen LogP contribution is -2.52. The molecule has 1 aliphatic heterocycles. The monoisotopic (exact) mass is 667 g/mol. The smallest absolute Gasteiger partial charge is 0.270 e. The zero-order chi connectivity index (χ0) is 32.7. The Morgan fingerprint density at radius 3 is 2.65 bits per heavy atom. The highest BCUT2D eigenvalue weighted by Crippen LogP contribution is 2.43. The number of benzene rings is 1. The minimum atomic E-state index is -1.30. The van der Waals surface area contributed by atoms with Crippen molar-refractivity contribution >= 4 is 34.7 Å². The highest BCUT2D eigenvalue weighted by atomic mass is 35.5. The Morgan fingerprint density at radius 2 is 1.96 bits per heavy atom. The fourth-order valence-electron chi connectivity index (χ4n) is 5.41. The molecule has 244 valence electrons. The summed E-state index contributed by atoms with van der Waals surface area (Å²) in [6, 6.07) is 13.2. The van der Waals surface area contributed by atoms with Crippen LogP contribution in [0.4, 0.5) is 0 Å². The van der Waals surface area contributed by atoms with Crippen LogP contribution in [0.1, 0.15) is 45.4 Å². The van der Waals surface area contributed by atoms with Crippen molar-refractivity contribution in [1.82, 2.24) is 25.9 Å². The minimum absolute atomic E-state index is 0.187. The molecule has 46 heavy (non-hydrogen) atoms. The van der Waals surface area contributed by atoms with Gasteiger partial charge in [0.15, 0.2) is 0 Å². The van der Waals surface area contributed by atoms with Crippen molar-refractivity contribution in [2.75, 3.05) is 34.0 Å². The second-order valence-corrected chi connectivity index (χ2v) is 12.2. The number of ether oxygens (including phenoxy) is 3. The lowest BCUT2D eigenvalue weighted by Gasteiger charge is -2.39. The number of halogens is 2. The normalized spacial score (nSPS) is 20.1. The highest BCUT2D eigenvalue weighted by Gasteiger charge is 2.45. The van der Waals surface area contributed by atoms with E-state index in [0.717, 1.165) is 27.8 Å². The first kappa shape index (κ1) is 34.0. The second-order valence-electron chi connectivity index (χ2n) is 11.4. The molecule has 3 aromatic rings. The molecule has 3 heterocycles. The molecule has 2 aromatic heterocycles. The highest BCUT2D eigenvalue weighted by molar-refractivity contribution is 6.34. The number of hydrogen-bond donors (Lipinski definition) is 4. The number of nitrogens with zero attached hydrogens (tertiary/aromatic N) is 2. The van der Waals surface area contributed by atoms with E-state index in [-0.39, 0.29) is 18.3 Å². The fourth-order valence-corrected chi connectivity index (χ4v) is 6.08. The number of allylic oxidation sites excluding steroid dienone is 2. The molecule has 3 unspecified atom stereocenters. The third kappa shape index (κ3) is 7.61.